The second-order valence-corrected chi connectivity index (χ2v) is 16.4. The summed E-state index contributed by atoms with van der Waals surface area (Å²) in [5, 5.41) is 0.359. The van der Waals surface area contributed by atoms with Crippen molar-refractivity contribution in [3.63, 3.8) is 0 Å². The molecule has 0 amide bonds. The molecule has 6 nitrogen and oxygen atoms in total. The summed E-state index contributed by atoms with van der Waals surface area (Å²) in [7, 11) is -4.23. The van der Waals surface area contributed by atoms with Crippen LogP contribution in [0.2, 0.25) is 5.02 Å². The van der Waals surface area contributed by atoms with E-state index in [2.05, 4.69) is 44.7 Å². The molecule has 0 saturated heterocycles. The third-order valence-electron chi connectivity index (χ3n) is 9.28. The second kappa shape index (κ2) is 11.8. The minimum Gasteiger partial charge on any atom is -0.379 e. The van der Waals surface area contributed by atoms with Crippen molar-refractivity contribution in [1.82, 2.24) is 4.90 Å². The number of benzene rings is 3. The Balaban J connectivity index is 1.55. The zero-order valence-electron chi connectivity index (χ0n) is 27.0. The Morgan fingerprint density at radius 2 is 1.37 bits per heavy atom. The highest BCUT2D eigenvalue weighted by Gasteiger charge is 2.49. The van der Waals surface area contributed by atoms with Gasteiger partial charge < -0.3 is 9.08 Å². The molecule has 1 aliphatic heterocycles. The second-order valence-electron chi connectivity index (χ2n) is 14.5. The first-order chi connectivity index (χ1) is 21.6. The average molecular weight is 658 g/mol. The first kappa shape index (κ1) is 32.3. The Bertz CT molecular complexity index is 1830. The van der Waals surface area contributed by atoms with Crippen LogP contribution in [-0.4, -0.2) is 31.4 Å². The van der Waals surface area contributed by atoms with Crippen molar-refractivity contribution in [3.8, 4) is 5.75 Å². The monoisotopic (exact) mass is 657 g/mol. The lowest BCUT2D eigenvalue weighted by atomic mass is 9.63. The predicted octanol–water partition coefficient (Wildman–Crippen LogP) is 8.34. The van der Waals surface area contributed by atoms with Gasteiger partial charge in [-0.25, -0.2) is 0 Å². The van der Waals surface area contributed by atoms with Crippen LogP contribution in [-0.2, 0) is 26.1 Å². The molecule has 0 radical (unpaired) electrons. The molecule has 240 valence electrons. The predicted molar refractivity (Wildman–Crippen MR) is 180 cm³/mol. The zero-order valence-corrected chi connectivity index (χ0v) is 28.6. The number of Topliss-reactive ketones (excluding diaryl/α,β-unsaturated/α-hetero) is 2. The molecular weight excluding hydrogens is 618 g/mol. The fourth-order valence-electron chi connectivity index (χ4n) is 7.21. The normalized spacial score (nSPS) is 19.7. The summed E-state index contributed by atoms with van der Waals surface area (Å²) in [6, 6.07) is 21.4. The number of ketones is 2. The molecule has 0 N–H and O–H groups in total. The lowest BCUT2D eigenvalue weighted by molar-refractivity contribution is -0.119. The molecule has 8 heteroatoms. The summed E-state index contributed by atoms with van der Waals surface area (Å²) in [6.45, 7) is 10.9. The molecule has 0 bridgehead atoms. The van der Waals surface area contributed by atoms with Gasteiger partial charge in [0.15, 0.2) is 11.6 Å². The fraction of sp³-hybridized carbons (Fsp3) is 0.368. The minimum atomic E-state index is -4.23. The third kappa shape index (κ3) is 6.32. The third-order valence-corrected chi connectivity index (χ3v) is 10.8. The number of allylic oxidation sites excluding steroid dienone is 4. The highest BCUT2D eigenvalue weighted by atomic mass is 35.5. The van der Waals surface area contributed by atoms with E-state index in [1.54, 1.807) is 24.3 Å². The fourth-order valence-corrected chi connectivity index (χ4v) is 8.34. The van der Waals surface area contributed by atoms with Crippen molar-refractivity contribution in [3.05, 3.63) is 117 Å². The Labute approximate surface area is 277 Å². The van der Waals surface area contributed by atoms with Gasteiger partial charge in [0.2, 0.25) is 0 Å². The van der Waals surface area contributed by atoms with Gasteiger partial charge in [0.05, 0.1) is 0 Å². The van der Waals surface area contributed by atoms with Crippen LogP contribution >= 0.6 is 11.6 Å². The number of hydrogen-bond donors (Lipinski definition) is 0. The molecule has 3 aromatic rings. The molecule has 3 aliphatic rings. The van der Waals surface area contributed by atoms with Gasteiger partial charge in [0.1, 0.15) is 10.6 Å². The van der Waals surface area contributed by atoms with E-state index < -0.39 is 16.0 Å². The Morgan fingerprint density at radius 1 is 0.804 bits per heavy atom. The molecule has 3 aromatic carbocycles. The first-order valence-electron chi connectivity index (χ1n) is 15.8. The summed E-state index contributed by atoms with van der Waals surface area (Å²) < 4.78 is 32.9. The Kier molecular flexibility index (Phi) is 8.31. The van der Waals surface area contributed by atoms with Gasteiger partial charge in [-0.05, 0) is 72.9 Å². The highest BCUT2D eigenvalue weighted by molar-refractivity contribution is 7.87. The number of rotatable bonds is 7. The molecule has 1 heterocycles. The molecule has 46 heavy (non-hydrogen) atoms. The average Bonchev–Trinajstić information content (AvgIpc) is 2.96. The van der Waals surface area contributed by atoms with E-state index in [0.717, 1.165) is 23.4 Å². The summed E-state index contributed by atoms with van der Waals surface area (Å²) in [4.78, 5) is 30.8. The molecule has 0 aromatic heterocycles. The molecule has 0 saturated carbocycles. The van der Waals surface area contributed by atoms with Gasteiger partial charge in [0.25, 0.3) is 0 Å². The van der Waals surface area contributed by atoms with E-state index in [1.807, 2.05) is 25.1 Å². The SMILES string of the molecule is Cc1ccc(S(=O)(=O)Oc2ccc(Cl)cc2C2C3=C(CC(C)(C)CC3=O)N(CCc3ccccc3)C3=C2C(=O)CC(C)(C)C3)cc1. The maximum Gasteiger partial charge on any atom is 0.339 e. The van der Waals surface area contributed by atoms with Crippen LogP contribution in [0.15, 0.2) is 100 Å². The van der Waals surface area contributed by atoms with E-state index in [0.29, 0.717) is 54.0 Å². The Hall–Kier alpha value is -3.68. The standard InChI is InChI=1S/C38H40ClNO5S/c1-24-11-14-27(15-12-24)46(43,44)45-33-16-13-26(39)19-28(33)34-35-29(20-37(2,3)22-31(35)41)40(18-17-25-9-7-6-8-10-25)30-21-38(4,5)23-32(42)36(30)34/h6-16,19,34H,17-18,20-23H2,1-5H3. The minimum absolute atomic E-state index is 0.0144. The van der Waals surface area contributed by atoms with E-state index >= 15 is 0 Å². The van der Waals surface area contributed by atoms with Gasteiger partial charge in [-0.1, -0.05) is 87.3 Å². The van der Waals surface area contributed by atoms with Gasteiger partial charge in [-0.3, -0.25) is 9.59 Å². The van der Waals surface area contributed by atoms with Crippen molar-refractivity contribution in [2.45, 2.75) is 77.5 Å². The van der Waals surface area contributed by atoms with Crippen LogP contribution in [0.25, 0.3) is 0 Å². The summed E-state index contributed by atoms with van der Waals surface area (Å²) in [6.07, 6.45) is 2.65. The molecule has 2 aliphatic carbocycles. The first-order valence-corrected chi connectivity index (χ1v) is 17.6. The van der Waals surface area contributed by atoms with Gasteiger partial charge in [0, 0.05) is 58.4 Å². The summed E-state index contributed by atoms with van der Waals surface area (Å²) in [5.74, 6) is -0.830. The van der Waals surface area contributed by atoms with Crippen LogP contribution in [0.4, 0.5) is 0 Å². The van der Waals surface area contributed by atoms with Crippen molar-refractivity contribution in [1.29, 1.82) is 0 Å². The molecular formula is C38H40ClNO5S. The zero-order chi connectivity index (χ0) is 33.0. The highest BCUT2D eigenvalue weighted by Crippen LogP contribution is 2.55. The molecule has 0 fully saturated rings. The topological polar surface area (TPSA) is 80.8 Å². The van der Waals surface area contributed by atoms with Crippen LogP contribution < -0.4 is 4.18 Å². The number of carbonyl (C=O) groups is 2. The van der Waals surface area contributed by atoms with Crippen molar-refractivity contribution < 1.29 is 22.2 Å². The van der Waals surface area contributed by atoms with Gasteiger partial charge in [-0.2, -0.15) is 8.42 Å². The Morgan fingerprint density at radius 3 is 1.93 bits per heavy atom. The van der Waals surface area contributed by atoms with Gasteiger partial charge in [-0.15, -0.1) is 0 Å². The van der Waals surface area contributed by atoms with E-state index in [-0.39, 0.29) is 33.0 Å². The lowest BCUT2D eigenvalue weighted by Crippen LogP contribution is -2.45. The largest absolute Gasteiger partial charge is 0.379 e. The van der Waals surface area contributed by atoms with Crippen molar-refractivity contribution in [2.24, 2.45) is 10.8 Å². The quantitative estimate of drug-likeness (QED) is 0.238. The lowest BCUT2D eigenvalue weighted by Gasteiger charge is -2.49. The maximum absolute atomic E-state index is 14.3. The molecule has 0 unspecified atom stereocenters. The van der Waals surface area contributed by atoms with E-state index in [1.165, 1.54) is 23.8 Å². The van der Waals surface area contributed by atoms with Crippen LogP contribution in [0.3, 0.4) is 0 Å². The van der Waals surface area contributed by atoms with Crippen molar-refractivity contribution in [2.75, 3.05) is 6.54 Å². The van der Waals surface area contributed by atoms with E-state index in [4.69, 9.17) is 15.8 Å². The number of aryl methyl sites for hydroxylation is 1. The number of hydrogen-bond acceptors (Lipinski definition) is 6. The smallest absolute Gasteiger partial charge is 0.339 e. The molecule has 6 rings (SSSR count). The molecule has 0 spiro atoms. The number of halogens is 1. The van der Waals surface area contributed by atoms with E-state index in [9.17, 15) is 18.0 Å². The van der Waals surface area contributed by atoms with Gasteiger partial charge >= 0.3 is 10.1 Å². The van der Waals surface area contributed by atoms with Crippen LogP contribution in [0.5, 0.6) is 5.75 Å². The summed E-state index contributed by atoms with van der Waals surface area (Å²) in [5.41, 5.74) is 4.80. The number of nitrogens with zero attached hydrogens (tertiary/aromatic N) is 1. The van der Waals surface area contributed by atoms with Crippen molar-refractivity contribution >= 4 is 33.3 Å². The maximum atomic E-state index is 14.3. The van der Waals surface area contributed by atoms with Crippen LogP contribution in [0, 0.1) is 17.8 Å². The van der Waals surface area contributed by atoms with Crippen LogP contribution in [0.1, 0.15) is 76.0 Å². The molecule has 0 atom stereocenters. The number of carbonyl (C=O) groups excluding carboxylic acids is 2. The summed E-state index contributed by atoms with van der Waals surface area (Å²) >= 11 is 6.58.